The van der Waals surface area contributed by atoms with Crippen LogP contribution in [0.5, 0.6) is 11.5 Å². The third-order valence-electron chi connectivity index (χ3n) is 2.87. The van der Waals surface area contributed by atoms with Crippen molar-refractivity contribution < 1.29 is 14.6 Å². The van der Waals surface area contributed by atoms with Crippen LogP contribution in [0.25, 0.3) is 0 Å². The van der Waals surface area contributed by atoms with Crippen LogP contribution in [-0.2, 0) is 0 Å². The summed E-state index contributed by atoms with van der Waals surface area (Å²) >= 11 is 0. The van der Waals surface area contributed by atoms with Gasteiger partial charge in [0.05, 0.1) is 6.10 Å². The van der Waals surface area contributed by atoms with Crippen LogP contribution < -0.4 is 15.2 Å². The molecule has 1 aromatic carbocycles. The van der Waals surface area contributed by atoms with E-state index in [1.165, 1.54) is 0 Å². The Morgan fingerprint density at radius 1 is 1.25 bits per heavy atom. The predicted molar refractivity (Wildman–Crippen MR) is 60.3 cm³/mol. The SMILES string of the molecule is CC(C)C(N)C(O)c1ccc2c(c1)OCO2. The maximum atomic E-state index is 10.1. The summed E-state index contributed by atoms with van der Waals surface area (Å²) in [5.41, 5.74) is 6.68. The first kappa shape index (κ1) is 11.2. The van der Waals surface area contributed by atoms with Crippen molar-refractivity contribution in [1.29, 1.82) is 0 Å². The molecule has 4 heteroatoms. The fraction of sp³-hybridized carbons (Fsp3) is 0.500. The number of hydrogen-bond donors (Lipinski definition) is 2. The van der Waals surface area contributed by atoms with Gasteiger partial charge in [0.15, 0.2) is 11.5 Å². The smallest absolute Gasteiger partial charge is 0.231 e. The predicted octanol–water partition coefficient (Wildman–Crippen LogP) is 1.43. The number of benzene rings is 1. The number of ether oxygens (including phenoxy) is 2. The van der Waals surface area contributed by atoms with E-state index in [4.69, 9.17) is 15.2 Å². The minimum Gasteiger partial charge on any atom is -0.454 e. The van der Waals surface area contributed by atoms with Gasteiger partial charge < -0.3 is 20.3 Å². The Labute approximate surface area is 95.0 Å². The van der Waals surface area contributed by atoms with E-state index in [9.17, 15) is 5.11 Å². The van der Waals surface area contributed by atoms with Crippen molar-refractivity contribution in [3.8, 4) is 11.5 Å². The van der Waals surface area contributed by atoms with Crippen LogP contribution in [0.2, 0.25) is 0 Å². The quantitative estimate of drug-likeness (QED) is 0.813. The van der Waals surface area contributed by atoms with Crippen molar-refractivity contribution in [3.63, 3.8) is 0 Å². The van der Waals surface area contributed by atoms with Crippen molar-refractivity contribution in [1.82, 2.24) is 0 Å². The Balaban J connectivity index is 2.21. The molecule has 0 bridgehead atoms. The summed E-state index contributed by atoms with van der Waals surface area (Å²) in [6, 6.07) is 5.13. The van der Waals surface area contributed by atoms with E-state index in [-0.39, 0.29) is 18.8 Å². The average Bonchev–Trinajstić information content (AvgIpc) is 2.73. The molecule has 88 valence electrons. The van der Waals surface area contributed by atoms with E-state index in [1.807, 2.05) is 19.9 Å². The molecule has 3 N–H and O–H groups in total. The zero-order chi connectivity index (χ0) is 11.7. The van der Waals surface area contributed by atoms with Gasteiger partial charge in [-0.3, -0.25) is 0 Å². The Bertz CT molecular complexity index is 379. The molecule has 2 unspecified atom stereocenters. The molecule has 0 radical (unpaired) electrons. The Hall–Kier alpha value is -1.26. The largest absolute Gasteiger partial charge is 0.454 e. The topological polar surface area (TPSA) is 64.7 Å². The lowest BCUT2D eigenvalue weighted by atomic mass is 9.94. The highest BCUT2D eigenvalue weighted by atomic mass is 16.7. The summed E-state index contributed by atoms with van der Waals surface area (Å²) in [5, 5.41) is 10.1. The van der Waals surface area contributed by atoms with E-state index < -0.39 is 6.10 Å². The fourth-order valence-electron chi connectivity index (χ4n) is 1.68. The zero-order valence-electron chi connectivity index (χ0n) is 9.51. The van der Waals surface area contributed by atoms with Crippen LogP contribution in [0, 0.1) is 5.92 Å². The van der Waals surface area contributed by atoms with Crippen molar-refractivity contribution in [2.45, 2.75) is 26.0 Å². The Morgan fingerprint density at radius 2 is 1.94 bits per heavy atom. The van der Waals surface area contributed by atoms with Crippen LogP contribution in [0.3, 0.4) is 0 Å². The van der Waals surface area contributed by atoms with E-state index >= 15 is 0 Å². The third-order valence-corrected chi connectivity index (χ3v) is 2.87. The Kier molecular flexibility index (Phi) is 3.03. The molecule has 1 heterocycles. The summed E-state index contributed by atoms with van der Waals surface area (Å²) in [6.07, 6.45) is -0.672. The van der Waals surface area contributed by atoms with Gasteiger partial charge in [0, 0.05) is 6.04 Å². The van der Waals surface area contributed by atoms with Gasteiger partial charge in [-0.2, -0.15) is 0 Å². The summed E-state index contributed by atoms with van der Waals surface area (Å²) in [7, 11) is 0. The molecule has 1 aromatic rings. The lowest BCUT2D eigenvalue weighted by molar-refractivity contribution is 0.125. The molecule has 2 atom stereocenters. The lowest BCUT2D eigenvalue weighted by Crippen LogP contribution is -2.33. The zero-order valence-corrected chi connectivity index (χ0v) is 9.51. The minimum absolute atomic E-state index is 0.223. The van der Waals surface area contributed by atoms with Gasteiger partial charge in [0.1, 0.15) is 0 Å². The van der Waals surface area contributed by atoms with Gasteiger partial charge >= 0.3 is 0 Å². The molecule has 0 aliphatic carbocycles. The molecule has 4 nitrogen and oxygen atoms in total. The van der Waals surface area contributed by atoms with Crippen LogP contribution in [0.1, 0.15) is 25.5 Å². The maximum absolute atomic E-state index is 10.1. The molecule has 0 spiro atoms. The third kappa shape index (κ3) is 1.99. The molecular formula is C12H17NO3. The van der Waals surface area contributed by atoms with Gasteiger partial charge in [-0.05, 0) is 23.6 Å². The molecule has 0 fully saturated rings. The van der Waals surface area contributed by atoms with Gasteiger partial charge in [0.2, 0.25) is 6.79 Å². The summed E-state index contributed by atoms with van der Waals surface area (Å²) in [6.45, 7) is 4.22. The second-order valence-electron chi connectivity index (χ2n) is 4.38. The highest BCUT2D eigenvalue weighted by Gasteiger charge is 2.22. The Morgan fingerprint density at radius 3 is 2.62 bits per heavy atom. The molecule has 0 saturated heterocycles. The van der Waals surface area contributed by atoms with E-state index in [1.54, 1.807) is 12.1 Å². The van der Waals surface area contributed by atoms with Crippen molar-refractivity contribution in [2.75, 3.05) is 6.79 Å². The number of fused-ring (bicyclic) bond motifs is 1. The summed E-state index contributed by atoms with van der Waals surface area (Å²) in [4.78, 5) is 0. The molecule has 16 heavy (non-hydrogen) atoms. The molecule has 1 aliphatic heterocycles. The first-order chi connectivity index (χ1) is 7.59. The van der Waals surface area contributed by atoms with E-state index in [0.717, 1.165) is 5.56 Å². The number of aliphatic hydroxyl groups is 1. The number of rotatable bonds is 3. The lowest BCUT2D eigenvalue weighted by Gasteiger charge is -2.22. The van der Waals surface area contributed by atoms with Crippen LogP contribution in [0.15, 0.2) is 18.2 Å². The molecule has 1 aliphatic rings. The first-order valence-corrected chi connectivity index (χ1v) is 5.43. The van der Waals surface area contributed by atoms with Crippen LogP contribution in [-0.4, -0.2) is 17.9 Å². The first-order valence-electron chi connectivity index (χ1n) is 5.43. The fourth-order valence-corrected chi connectivity index (χ4v) is 1.68. The molecular weight excluding hydrogens is 206 g/mol. The highest BCUT2D eigenvalue weighted by Crippen LogP contribution is 2.35. The monoisotopic (exact) mass is 223 g/mol. The van der Waals surface area contributed by atoms with Crippen molar-refractivity contribution in [3.05, 3.63) is 23.8 Å². The van der Waals surface area contributed by atoms with Gasteiger partial charge in [-0.25, -0.2) is 0 Å². The molecule has 0 saturated carbocycles. The minimum atomic E-state index is -0.672. The molecule has 0 amide bonds. The molecule has 2 rings (SSSR count). The van der Waals surface area contributed by atoms with Crippen LogP contribution >= 0.6 is 0 Å². The normalized spacial score (nSPS) is 17.6. The van der Waals surface area contributed by atoms with Crippen LogP contribution in [0.4, 0.5) is 0 Å². The summed E-state index contributed by atoms with van der Waals surface area (Å²) in [5.74, 6) is 1.61. The van der Waals surface area contributed by atoms with Gasteiger partial charge in [-0.1, -0.05) is 19.9 Å². The highest BCUT2D eigenvalue weighted by molar-refractivity contribution is 5.45. The number of nitrogens with two attached hydrogens (primary N) is 1. The number of hydrogen-bond acceptors (Lipinski definition) is 4. The summed E-state index contributed by atoms with van der Waals surface area (Å²) < 4.78 is 10.5. The van der Waals surface area contributed by atoms with Crippen molar-refractivity contribution in [2.24, 2.45) is 11.7 Å². The van der Waals surface area contributed by atoms with E-state index in [0.29, 0.717) is 11.5 Å². The average molecular weight is 223 g/mol. The van der Waals surface area contributed by atoms with E-state index in [2.05, 4.69) is 0 Å². The maximum Gasteiger partial charge on any atom is 0.231 e. The molecule has 0 aromatic heterocycles. The number of aliphatic hydroxyl groups excluding tert-OH is 1. The van der Waals surface area contributed by atoms with Crippen molar-refractivity contribution >= 4 is 0 Å². The second-order valence-corrected chi connectivity index (χ2v) is 4.38. The standard InChI is InChI=1S/C12H17NO3/c1-7(2)11(13)12(14)8-3-4-9-10(5-8)16-6-15-9/h3-5,7,11-12,14H,6,13H2,1-2H3. The van der Waals surface area contributed by atoms with Gasteiger partial charge in [0.25, 0.3) is 0 Å². The van der Waals surface area contributed by atoms with Gasteiger partial charge in [-0.15, -0.1) is 0 Å². The second kappa shape index (κ2) is 4.31.